The van der Waals surface area contributed by atoms with Crippen LogP contribution in [0.3, 0.4) is 0 Å². The van der Waals surface area contributed by atoms with Crippen LogP contribution >= 0.6 is 0 Å². The van der Waals surface area contributed by atoms with Crippen LogP contribution in [0, 0.1) is 5.92 Å². The molecule has 4 unspecified atom stereocenters. The highest BCUT2D eigenvalue weighted by Crippen LogP contribution is 2.35. The molecule has 5 atom stereocenters. The molecule has 0 aromatic heterocycles. The van der Waals surface area contributed by atoms with Crippen LogP contribution in [0.15, 0.2) is 54.6 Å². The first-order chi connectivity index (χ1) is 16.0. The average molecular weight is 459 g/mol. The summed E-state index contributed by atoms with van der Waals surface area (Å²) in [5, 5.41) is 13.8. The fourth-order valence-corrected chi connectivity index (χ4v) is 4.07. The van der Waals surface area contributed by atoms with Gasteiger partial charge >= 0.3 is 0 Å². The van der Waals surface area contributed by atoms with Crippen molar-refractivity contribution in [3.63, 3.8) is 0 Å². The minimum Gasteiger partial charge on any atom is -0.497 e. The Bertz CT molecular complexity index is 830. The highest BCUT2D eigenvalue weighted by molar-refractivity contribution is 5.86. The van der Waals surface area contributed by atoms with E-state index >= 15 is 0 Å². The SMILES string of the molecule is CC.COc1ccc(CC[C@H]2C(=O)N(C(NC(C)c3ccccc3)OC)C2C(O)OC)cc1. The molecule has 1 amide bonds. The first-order valence-electron chi connectivity index (χ1n) is 11.5. The van der Waals surface area contributed by atoms with Gasteiger partial charge in [-0.3, -0.25) is 15.0 Å². The maximum atomic E-state index is 13.1. The number of methoxy groups -OCH3 is 3. The van der Waals surface area contributed by atoms with Gasteiger partial charge in [-0.1, -0.05) is 56.3 Å². The minimum atomic E-state index is -1.09. The number of β-lactam (4-membered cyclic amide) rings is 1. The maximum Gasteiger partial charge on any atom is 0.231 e. The molecule has 2 N–H and O–H groups in total. The number of likely N-dealkylation sites (tertiary alicyclic amines) is 1. The number of amides is 1. The normalized spacial score (nSPS) is 20.2. The second-order valence-electron chi connectivity index (χ2n) is 7.74. The first-order valence-corrected chi connectivity index (χ1v) is 11.5. The standard InChI is InChI=1S/C24H32N2O5.C2H6/c1-16(18-8-6-5-7-9-18)25-24(31-4)26-21(23(28)30-3)20(22(26)27)15-12-17-10-13-19(29-2)14-11-17;1-2/h5-11,13-14,16,20-21,23-25,28H,12,15H2,1-4H3;1-2H3/t16?,20-,21?,23?,24?;/m1./s1. The number of nitrogens with zero attached hydrogens (tertiary/aromatic N) is 1. The third kappa shape index (κ3) is 6.54. The molecule has 3 rings (SSSR count). The third-order valence-electron chi connectivity index (χ3n) is 5.91. The maximum absolute atomic E-state index is 13.1. The number of ether oxygens (including phenoxy) is 3. The van der Waals surface area contributed by atoms with Gasteiger partial charge in [0.1, 0.15) is 5.75 Å². The van der Waals surface area contributed by atoms with E-state index in [-0.39, 0.29) is 17.9 Å². The van der Waals surface area contributed by atoms with Crippen molar-refractivity contribution in [2.24, 2.45) is 5.92 Å². The zero-order chi connectivity index (χ0) is 24.4. The van der Waals surface area contributed by atoms with Gasteiger partial charge in [0.25, 0.3) is 0 Å². The van der Waals surface area contributed by atoms with E-state index in [1.807, 2.05) is 75.4 Å². The smallest absolute Gasteiger partial charge is 0.231 e. The summed E-state index contributed by atoms with van der Waals surface area (Å²) < 4.78 is 16.0. The lowest BCUT2D eigenvalue weighted by Crippen LogP contribution is -2.71. The Labute approximate surface area is 197 Å². The summed E-state index contributed by atoms with van der Waals surface area (Å²) in [6, 6.07) is 17.2. The Balaban J connectivity index is 0.00000187. The van der Waals surface area contributed by atoms with Crippen LogP contribution in [-0.2, 0) is 20.7 Å². The topological polar surface area (TPSA) is 80.3 Å². The fraction of sp³-hybridized carbons (Fsp3) is 0.500. The lowest BCUT2D eigenvalue weighted by Gasteiger charge is -2.52. The minimum absolute atomic E-state index is 0.0439. The number of aliphatic hydroxyl groups is 1. The summed E-state index contributed by atoms with van der Waals surface area (Å²) in [4.78, 5) is 14.6. The molecule has 1 aliphatic heterocycles. The van der Waals surface area contributed by atoms with Gasteiger partial charge in [-0.25, -0.2) is 0 Å². The van der Waals surface area contributed by atoms with Gasteiger partial charge < -0.3 is 19.3 Å². The Kier molecular flexibility index (Phi) is 10.8. The zero-order valence-electron chi connectivity index (χ0n) is 20.5. The summed E-state index contributed by atoms with van der Waals surface area (Å²) in [6.45, 7) is 6.01. The molecule has 1 saturated heterocycles. The van der Waals surface area contributed by atoms with Crippen molar-refractivity contribution >= 4 is 5.91 Å². The molecule has 0 saturated carbocycles. The van der Waals surface area contributed by atoms with Crippen molar-refractivity contribution in [3.8, 4) is 5.75 Å². The predicted octanol–water partition coefficient (Wildman–Crippen LogP) is 3.73. The molecule has 7 nitrogen and oxygen atoms in total. The van der Waals surface area contributed by atoms with E-state index in [9.17, 15) is 9.90 Å². The van der Waals surface area contributed by atoms with E-state index < -0.39 is 18.7 Å². The number of hydrogen-bond acceptors (Lipinski definition) is 6. The van der Waals surface area contributed by atoms with Crippen molar-refractivity contribution < 1.29 is 24.1 Å². The van der Waals surface area contributed by atoms with Gasteiger partial charge in [-0.2, -0.15) is 0 Å². The van der Waals surface area contributed by atoms with Crippen LogP contribution in [0.2, 0.25) is 0 Å². The van der Waals surface area contributed by atoms with Crippen LogP contribution in [0.1, 0.15) is 44.4 Å². The Morgan fingerprint density at radius 3 is 2.18 bits per heavy atom. The molecule has 0 spiro atoms. The molecule has 1 heterocycles. The summed E-state index contributed by atoms with van der Waals surface area (Å²) >= 11 is 0. The molecular formula is C26H38N2O5. The lowest BCUT2D eigenvalue weighted by molar-refractivity contribution is -0.226. The molecule has 7 heteroatoms. The Morgan fingerprint density at radius 1 is 1.00 bits per heavy atom. The number of hydrogen-bond donors (Lipinski definition) is 2. The van der Waals surface area contributed by atoms with Crippen molar-refractivity contribution in [1.29, 1.82) is 0 Å². The van der Waals surface area contributed by atoms with Crippen molar-refractivity contribution in [1.82, 2.24) is 10.2 Å². The summed E-state index contributed by atoms with van der Waals surface area (Å²) in [7, 11) is 4.61. The van der Waals surface area contributed by atoms with Gasteiger partial charge in [0.15, 0.2) is 12.6 Å². The molecule has 33 heavy (non-hydrogen) atoms. The van der Waals surface area contributed by atoms with E-state index in [1.165, 1.54) is 7.11 Å². The van der Waals surface area contributed by atoms with Crippen LogP contribution in [0.5, 0.6) is 5.75 Å². The quantitative estimate of drug-likeness (QED) is 0.395. The number of nitrogens with one attached hydrogen (secondary N) is 1. The molecular weight excluding hydrogens is 420 g/mol. The van der Waals surface area contributed by atoms with Gasteiger partial charge in [0.2, 0.25) is 5.91 Å². The number of carbonyl (C=O) groups excluding carboxylic acids is 1. The lowest BCUT2D eigenvalue weighted by atomic mass is 9.82. The van der Waals surface area contributed by atoms with Crippen molar-refractivity contribution in [3.05, 3.63) is 65.7 Å². The predicted molar refractivity (Wildman–Crippen MR) is 129 cm³/mol. The van der Waals surface area contributed by atoms with Crippen LogP contribution in [0.25, 0.3) is 0 Å². The zero-order valence-corrected chi connectivity index (χ0v) is 20.5. The van der Waals surface area contributed by atoms with Gasteiger partial charge in [-0.05, 0) is 43.0 Å². The highest BCUT2D eigenvalue weighted by atomic mass is 16.6. The second-order valence-corrected chi connectivity index (χ2v) is 7.74. The molecule has 0 aliphatic carbocycles. The highest BCUT2D eigenvalue weighted by Gasteiger charge is 2.53. The van der Waals surface area contributed by atoms with Gasteiger partial charge in [0.05, 0.1) is 19.1 Å². The monoisotopic (exact) mass is 458 g/mol. The number of rotatable bonds is 11. The molecule has 0 bridgehead atoms. The van der Waals surface area contributed by atoms with Crippen molar-refractivity contribution in [2.45, 2.75) is 58.3 Å². The number of carbonyl (C=O) groups is 1. The Hall–Kier alpha value is -2.45. The van der Waals surface area contributed by atoms with E-state index in [0.717, 1.165) is 16.9 Å². The molecule has 182 valence electrons. The summed E-state index contributed by atoms with van der Waals surface area (Å²) in [5.74, 6) is 0.390. The summed E-state index contributed by atoms with van der Waals surface area (Å²) in [5.41, 5.74) is 2.19. The van der Waals surface area contributed by atoms with Crippen LogP contribution < -0.4 is 10.1 Å². The molecule has 1 aliphatic rings. The molecule has 0 radical (unpaired) electrons. The molecule has 2 aromatic carbocycles. The fourth-order valence-electron chi connectivity index (χ4n) is 4.07. The average Bonchev–Trinajstić information content (AvgIpc) is 2.88. The van der Waals surface area contributed by atoms with Gasteiger partial charge in [-0.15, -0.1) is 0 Å². The first kappa shape index (κ1) is 26.8. The number of benzene rings is 2. The van der Waals surface area contributed by atoms with Crippen LogP contribution in [0.4, 0.5) is 0 Å². The largest absolute Gasteiger partial charge is 0.497 e. The molecule has 1 fully saturated rings. The Morgan fingerprint density at radius 2 is 1.64 bits per heavy atom. The molecule has 2 aromatic rings. The van der Waals surface area contributed by atoms with E-state index in [1.54, 1.807) is 19.1 Å². The van der Waals surface area contributed by atoms with Gasteiger partial charge in [0, 0.05) is 20.3 Å². The second kappa shape index (κ2) is 13.3. The van der Waals surface area contributed by atoms with E-state index in [2.05, 4.69) is 5.32 Å². The van der Waals surface area contributed by atoms with Crippen LogP contribution in [-0.4, -0.2) is 55.9 Å². The number of aryl methyl sites for hydroxylation is 1. The number of aliphatic hydroxyl groups excluding tert-OH is 1. The van der Waals surface area contributed by atoms with E-state index in [4.69, 9.17) is 14.2 Å². The summed E-state index contributed by atoms with van der Waals surface area (Å²) in [6.07, 6.45) is -0.441. The van der Waals surface area contributed by atoms with E-state index in [0.29, 0.717) is 12.8 Å². The van der Waals surface area contributed by atoms with Crippen molar-refractivity contribution in [2.75, 3.05) is 21.3 Å². The third-order valence-corrected chi connectivity index (χ3v) is 5.91.